The monoisotopic (exact) mass is 304 g/mol. The van der Waals surface area contributed by atoms with Crippen LogP contribution in [0.4, 0.5) is 0 Å². The fourth-order valence-corrected chi connectivity index (χ4v) is 3.24. The van der Waals surface area contributed by atoms with E-state index in [9.17, 15) is 4.79 Å². The molecule has 1 aliphatic rings. The maximum absolute atomic E-state index is 12.0. The molecule has 0 amide bonds. The van der Waals surface area contributed by atoms with Crippen LogP contribution in [-0.4, -0.2) is 19.2 Å². The van der Waals surface area contributed by atoms with Crippen LogP contribution in [0.2, 0.25) is 0 Å². The molecule has 2 atom stereocenters. The number of hydrogen-bond acceptors (Lipinski definition) is 3. The molecule has 0 saturated heterocycles. The van der Waals surface area contributed by atoms with Crippen LogP contribution in [0.1, 0.15) is 69.8 Å². The van der Waals surface area contributed by atoms with Crippen LogP contribution < -0.4 is 4.74 Å². The average Bonchev–Trinajstić information content (AvgIpc) is 2.55. The Morgan fingerprint density at radius 1 is 1.23 bits per heavy atom. The normalized spacial score (nSPS) is 21.4. The van der Waals surface area contributed by atoms with Gasteiger partial charge in [-0.05, 0) is 43.4 Å². The van der Waals surface area contributed by atoms with Gasteiger partial charge < -0.3 is 9.47 Å². The van der Waals surface area contributed by atoms with E-state index in [0.29, 0.717) is 12.3 Å². The largest absolute Gasteiger partial charge is 0.497 e. The van der Waals surface area contributed by atoms with Crippen molar-refractivity contribution in [2.75, 3.05) is 7.11 Å². The van der Waals surface area contributed by atoms with Crippen LogP contribution in [-0.2, 0) is 9.53 Å². The minimum atomic E-state index is -0.0340. The topological polar surface area (TPSA) is 35.5 Å². The molecular weight excluding hydrogens is 276 g/mol. The Kier molecular flexibility index (Phi) is 6.75. The number of rotatable bonds is 7. The number of carbonyl (C=O) groups excluding carboxylic acids is 1. The molecular formula is C19H28O3. The molecule has 2 rings (SSSR count). The molecule has 3 heteroatoms. The number of ether oxygens (including phenoxy) is 2. The first-order chi connectivity index (χ1) is 10.7. The molecule has 3 nitrogen and oxygen atoms in total. The van der Waals surface area contributed by atoms with Gasteiger partial charge in [-0.25, -0.2) is 0 Å². The standard InChI is InChI=1S/C19H28O3/c1-3-4-5-13-19(20)22-18-12-7-6-11-17(18)15-9-8-10-16(14-15)21-2/h8-10,14,17-18H,3-7,11-13H2,1-2H3/t17-,18+/m1/s1. The zero-order valence-corrected chi connectivity index (χ0v) is 13.8. The summed E-state index contributed by atoms with van der Waals surface area (Å²) < 4.78 is 11.1. The van der Waals surface area contributed by atoms with Crippen molar-refractivity contribution < 1.29 is 14.3 Å². The molecule has 0 spiro atoms. The molecule has 1 aliphatic carbocycles. The second-order valence-electron chi connectivity index (χ2n) is 6.15. The van der Waals surface area contributed by atoms with Gasteiger partial charge in [0.2, 0.25) is 0 Å². The molecule has 1 aromatic rings. The zero-order valence-electron chi connectivity index (χ0n) is 13.8. The summed E-state index contributed by atoms with van der Waals surface area (Å²) in [5, 5.41) is 0. The summed E-state index contributed by atoms with van der Waals surface area (Å²) in [6.45, 7) is 2.14. The lowest BCUT2D eigenvalue weighted by Crippen LogP contribution is -2.28. The Morgan fingerprint density at radius 2 is 2.05 bits per heavy atom. The van der Waals surface area contributed by atoms with Crippen molar-refractivity contribution in [3.63, 3.8) is 0 Å². The molecule has 0 radical (unpaired) electrons. The molecule has 0 heterocycles. The maximum Gasteiger partial charge on any atom is 0.306 e. The molecule has 0 aliphatic heterocycles. The van der Waals surface area contributed by atoms with E-state index in [1.807, 2.05) is 12.1 Å². The molecule has 0 aromatic heterocycles. The fraction of sp³-hybridized carbons (Fsp3) is 0.632. The van der Waals surface area contributed by atoms with E-state index < -0.39 is 0 Å². The molecule has 1 saturated carbocycles. The maximum atomic E-state index is 12.0. The lowest BCUT2D eigenvalue weighted by Gasteiger charge is -2.31. The van der Waals surface area contributed by atoms with E-state index in [0.717, 1.165) is 44.3 Å². The SMILES string of the molecule is CCCCCC(=O)O[C@H]1CCCC[C@@H]1c1cccc(OC)c1. The van der Waals surface area contributed by atoms with Crippen LogP contribution in [0.5, 0.6) is 5.75 Å². The number of carbonyl (C=O) groups is 1. The Bertz CT molecular complexity index is 470. The number of hydrogen-bond donors (Lipinski definition) is 0. The molecule has 0 unspecified atom stereocenters. The summed E-state index contributed by atoms with van der Waals surface area (Å²) in [6, 6.07) is 8.17. The van der Waals surface area contributed by atoms with Gasteiger partial charge in [0.05, 0.1) is 7.11 Å². The number of benzene rings is 1. The Morgan fingerprint density at radius 3 is 2.82 bits per heavy atom. The van der Waals surface area contributed by atoms with Crippen molar-refractivity contribution in [2.45, 2.75) is 70.3 Å². The first kappa shape index (κ1) is 16.9. The summed E-state index contributed by atoms with van der Waals surface area (Å²) in [5.74, 6) is 1.14. The molecule has 0 N–H and O–H groups in total. The third-order valence-electron chi connectivity index (χ3n) is 4.49. The minimum Gasteiger partial charge on any atom is -0.497 e. The van der Waals surface area contributed by atoms with Crippen molar-refractivity contribution in [2.24, 2.45) is 0 Å². The zero-order chi connectivity index (χ0) is 15.8. The van der Waals surface area contributed by atoms with Gasteiger partial charge in [-0.1, -0.05) is 38.3 Å². The van der Waals surface area contributed by atoms with Crippen molar-refractivity contribution in [3.8, 4) is 5.75 Å². The Hall–Kier alpha value is -1.51. The summed E-state index contributed by atoms with van der Waals surface area (Å²) in [5.41, 5.74) is 1.23. The average molecular weight is 304 g/mol. The highest BCUT2D eigenvalue weighted by Gasteiger charge is 2.29. The summed E-state index contributed by atoms with van der Waals surface area (Å²) in [7, 11) is 1.69. The third-order valence-corrected chi connectivity index (χ3v) is 4.49. The van der Waals surface area contributed by atoms with Crippen LogP contribution in [0.25, 0.3) is 0 Å². The Balaban J connectivity index is 1.99. The highest BCUT2D eigenvalue weighted by atomic mass is 16.5. The number of unbranched alkanes of at least 4 members (excludes halogenated alkanes) is 2. The smallest absolute Gasteiger partial charge is 0.306 e. The summed E-state index contributed by atoms with van der Waals surface area (Å²) in [4.78, 5) is 12.0. The van der Waals surface area contributed by atoms with Gasteiger partial charge in [0.1, 0.15) is 11.9 Å². The lowest BCUT2D eigenvalue weighted by molar-refractivity contribution is -0.151. The number of methoxy groups -OCH3 is 1. The summed E-state index contributed by atoms with van der Waals surface area (Å²) >= 11 is 0. The van der Waals surface area contributed by atoms with E-state index in [1.54, 1.807) is 7.11 Å². The number of esters is 1. The van der Waals surface area contributed by atoms with Crippen LogP contribution >= 0.6 is 0 Å². The van der Waals surface area contributed by atoms with E-state index in [-0.39, 0.29) is 12.1 Å². The predicted molar refractivity (Wildman–Crippen MR) is 88.2 cm³/mol. The van der Waals surface area contributed by atoms with Crippen LogP contribution in [0.15, 0.2) is 24.3 Å². The fourth-order valence-electron chi connectivity index (χ4n) is 3.24. The van der Waals surface area contributed by atoms with Crippen molar-refractivity contribution in [1.82, 2.24) is 0 Å². The molecule has 1 aromatic carbocycles. The second-order valence-corrected chi connectivity index (χ2v) is 6.15. The lowest BCUT2D eigenvalue weighted by atomic mass is 9.81. The Labute approximate surface area is 134 Å². The predicted octanol–water partition coefficient (Wildman–Crippen LogP) is 4.84. The van der Waals surface area contributed by atoms with E-state index in [1.165, 1.54) is 12.0 Å². The minimum absolute atomic E-state index is 0.0231. The van der Waals surface area contributed by atoms with Crippen molar-refractivity contribution in [1.29, 1.82) is 0 Å². The van der Waals surface area contributed by atoms with Crippen molar-refractivity contribution in [3.05, 3.63) is 29.8 Å². The second kappa shape index (κ2) is 8.82. The molecule has 1 fully saturated rings. The van der Waals surface area contributed by atoms with Gasteiger partial charge in [0, 0.05) is 12.3 Å². The molecule has 122 valence electrons. The molecule has 22 heavy (non-hydrogen) atoms. The van der Waals surface area contributed by atoms with E-state index in [4.69, 9.17) is 9.47 Å². The van der Waals surface area contributed by atoms with E-state index >= 15 is 0 Å². The third kappa shape index (κ3) is 4.75. The van der Waals surface area contributed by atoms with Gasteiger partial charge in [-0.3, -0.25) is 4.79 Å². The van der Waals surface area contributed by atoms with Gasteiger partial charge in [-0.15, -0.1) is 0 Å². The van der Waals surface area contributed by atoms with Gasteiger partial charge in [-0.2, -0.15) is 0 Å². The van der Waals surface area contributed by atoms with E-state index in [2.05, 4.69) is 19.1 Å². The summed E-state index contributed by atoms with van der Waals surface area (Å²) in [6.07, 6.45) is 8.14. The first-order valence-corrected chi connectivity index (χ1v) is 8.58. The quantitative estimate of drug-likeness (QED) is 0.534. The first-order valence-electron chi connectivity index (χ1n) is 8.58. The highest BCUT2D eigenvalue weighted by molar-refractivity contribution is 5.69. The van der Waals surface area contributed by atoms with Gasteiger partial charge >= 0.3 is 5.97 Å². The highest BCUT2D eigenvalue weighted by Crippen LogP contribution is 2.36. The van der Waals surface area contributed by atoms with Gasteiger partial charge in [0.25, 0.3) is 0 Å². The van der Waals surface area contributed by atoms with Crippen molar-refractivity contribution >= 4 is 5.97 Å². The van der Waals surface area contributed by atoms with Gasteiger partial charge in [0.15, 0.2) is 0 Å². The van der Waals surface area contributed by atoms with Crippen LogP contribution in [0.3, 0.4) is 0 Å². The van der Waals surface area contributed by atoms with Crippen LogP contribution in [0, 0.1) is 0 Å². The molecule has 0 bridgehead atoms.